The summed E-state index contributed by atoms with van der Waals surface area (Å²) in [6.07, 6.45) is 2.44. The monoisotopic (exact) mass is 245 g/mol. The van der Waals surface area contributed by atoms with Gasteiger partial charge in [0.15, 0.2) is 0 Å². The molecule has 1 aliphatic rings. The number of hydrogen-bond acceptors (Lipinski definition) is 3. The molecule has 1 rings (SSSR count). The lowest BCUT2D eigenvalue weighted by Crippen LogP contribution is -2.26. The number of halogens is 3. The van der Waals surface area contributed by atoms with Gasteiger partial charge >= 0.3 is 5.51 Å². The Morgan fingerprint density at radius 3 is 2.79 bits per heavy atom. The second kappa shape index (κ2) is 6.12. The van der Waals surface area contributed by atoms with E-state index < -0.39 is 5.51 Å². The highest BCUT2D eigenvalue weighted by molar-refractivity contribution is 8.00. The summed E-state index contributed by atoms with van der Waals surface area (Å²) in [5.74, 6) is 1.31. The van der Waals surface area contributed by atoms with Crippen LogP contribution in [0, 0.1) is 0 Å². The largest absolute Gasteiger partial charge is 0.441 e. The zero-order chi connectivity index (χ0) is 10.4. The normalized spacial score (nSPS) is 22.9. The quantitative estimate of drug-likeness (QED) is 0.748. The lowest BCUT2D eigenvalue weighted by atomic mass is 10.2. The van der Waals surface area contributed by atoms with Crippen LogP contribution in [0.15, 0.2) is 0 Å². The van der Waals surface area contributed by atoms with E-state index in [-0.39, 0.29) is 17.5 Å². The highest BCUT2D eigenvalue weighted by atomic mass is 32.2. The van der Waals surface area contributed by atoms with Crippen LogP contribution < -0.4 is 5.32 Å². The minimum absolute atomic E-state index is 0.0468. The van der Waals surface area contributed by atoms with Crippen LogP contribution in [-0.2, 0) is 0 Å². The molecule has 1 aliphatic heterocycles. The molecule has 1 fully saturated rings. The standard InChI is InChI=1S/C8H14F3NS2/c9-8(10,11)14-5-3-12-6-7-2-1-4-13-7/h7,12H,1-6H2. The third-order valence-electron chi connectivity index (χ3n) is 1.94. The Morgan fingerprint density at radius 1 is 1.43 bits per heavy atom. The molecule has 1 nitrogen and oxygen atoms in total. The fraction of sp³-hybridized carbons (Fsp3) is 1.00. The van der Waals surface area contributed by atoms with Gasteiger partial charge in [0.2, 0.25) is 0 Å². The molecule has 0 aromatic heterocycles. The summed E-state index contributed by atoms with van der Waals surface area (Å²) in [7, 11) is 0. The van der Waals surface area contributed by atoms with E-state index in [0.717, 1.165) is 6.54 Å². The smallest absolute Gasteiger partial charge is 0.315 e. The molecule has 14 heavy (non-hydrogen) atoms. The van der Waals surface area contributed by atoms with Gasteiger partial charge in [-0.3, -0.25) is 0 Å². The molecule has 1 atom stereocenters. The van der Waals surface area contributed by atoms with Crippen molar-refractivity contribution < 1.29 is 13.2 Å². The highest BCUT2D eigenvalue weighted by Gasteiger charge is 2.27. The number of alkyl halides is 3. The van der Waals surface area contributed by atoms with Crippen molar-refractivity contribution in [3.63, 3.8) is 0 Å². The summed E-state index contributed by atoms with van der Waals surface area (Å²) in [5.41, 5.74) is -4.08. The molecule has 0 aromatic carbocycles. The summed E-state index contributed by atoms with van der Waals surface area (Å²) in [6.45, 7) is 1.30. The summed E-state index contributed by atoms with van der Waals surface area (Å²) in [6, 6.07) is 0. The van der Waals surface area contributed by atoms with Crippen molar-refractivity contribution in [2.24, 2.45) is 0 Å². The van der Waals surface area contributed by atoms with Gasteiger partial charge in [0.25, 0.3) is 0 Å². The molecule has 0 bridgehead atoms. The van der Waals surface area contributed by atoms with Gasteiger partial charge in [-0.1, -0.05) is 0 Å². The second-order valence-corrected chi connectivity index (χ2v) is 5.70. The van der Waals surface area contributed by atoms with Crippen LogP contribution in [0.5, 0.6) is 0 Å². The lowest BCUT2D eigenvalue weighted by Gasteiger charge is -2.10. The SMILES string of the molecule is FC(F)(F)SCCNCC1CCCS1. The Labute approximate surface area is 90.6 Å². The van der Waals surface area contributed by atoms with Crippen LogP contribution in [0.25, 0.3) is 0 Å². The molecule has 6 heteroatoms. The second-order valence-electron chi connectivity index (χ2n) is 3.13. The van der Waals surface area contributed by atoms with E-state index in [9.17, 15) is 13.2 Å². The first-order valence-corrected chi connectivity index (χ1v) is 6.64. The zero-order valence-electron chi connectivity index (χ0n) is 7.77. The van der Waals surface area contributed by atoms with Crippen LogP contribution in [0.4, 0.5) is 13.2 Å². The van der Waals surface area contributed by atoms with Crippen molar-refractivity contribution in [3.05, 3.63) is 0 Å². The zero-order valence-corrected chi connectivity index (χ0v) is 9.40. The maximum absolute atomic E-state index is 11.7. The highest BCUT2D eigenvalue weighted by Crippen LogP contribution is 2.29. The van der Waals surface area contributed by atoms with E-state index in [1.54, 1.807) is 0 Å². The summed E-state index contributed by atoms with van der Waals surface area (Å²) >= 11 is 1.96. The van der Waals surface area contributed by atoms with Crippen molar-refractivity contribution in [2.75, 3.05) is 24.6 Å². The Kier molecular flexibility index (Phi) is 5.48. The van der Waals surface area contributed by atoms with Gasteiger partial charge < -0.3 is 5.32 Å². The van der Waals surface area contributed by atoms with E-state index in [2.05, 4.69) is 5.32 Å². The van der Waals surface area contributed by atoms with E-state index >= 15 is 0 Å². The van der Waals surface area contributed by atoms with Gasteiger partial charge in [-0.05, 0) is 30.4 Å². The van der Waals surface area contributed by atoms with Gasteiger partial charge in [-0.25, -0.2) is 0 Å². The van der Waals surface area contributed by atoms with E-state index in [0.29, 0.717) is 11.8 Å². The fourth-order valence-corrected chi connectivity index (χ4v) is 3.02. The van der Waals surface area contributed by atoms with E-state index in [4.69, 9.17) is 0 Å². The van der Waals surface area contributed by atoms with Crippen molar-refractivity contribution >= 4 is 23.5 Å². The minimum atomic E-state index is -4.08. The number of rotatable bonds is 5. The van der Waals surface area contributed by atoms with Crippen LogP contribution in [-0.4, -0.2) is 35.4 Å². The first kappa shape index (κ1) is 12.5. The van der Waals surface area contributed by atoms with Crippen molar-refractivity contribution in [1.82, 2.24) is 5.32 Å². The van der Waals surface area contributed by atoms with Crippen LogP contribution in [0.3, 0.4) is 0 Å². The van der Waals surface area contributed by atoms with Gasteiger partial charge in [-0.2, -0.15) is 24.9 Å². The van der Waals surface area contributed by atoms with Crippen LogP contribution in [0.2, 0.25) is 0 Å². The van der Waals surface area contributed by atoms with Gasteiger partial charge in [0.05, 0.1) is 0 Å². The van der Waals surface area contributed by atoms with Crippen molar-refractivity contribution in [3.8, 4) is 0 Å². The first-order valence-electron chi connectivity index (χ1n) is 4.61. The molecule has 0 radical (unpaired) electrons. The lowest BCUT2D eigenvalue weighted by molar-refractivity contribution is -0.0327. The minimum Gasteiger partial charge on any atom is -0.315 e. The molecule has 1 unspecified atom stereocenters. The van der Waals surface area contributed by atoms with Crippen molar-refractivity contribution in [1.29, 1.82) is 0 Å². The molecule has 1 saturated heterocycles. The molecule has 0 saturated carbocycles. The van der Waals surface area contributed by atoms with Crippen molar-refractivity contribution in [2.45, 2.75) is 23.6 Å². The van der Waals surface area contributed by atoms with Crippen LogP contribution >= 0.6 is 23.5 Å². The Bertz CT molecular complexity index is 157. The molecular weight excluding hydrogens is 231 g/mol. The number of nitrogens with one attached hydrogen (secondary N) is 1. The predicted molar refractivity (Wildman–Crippen MR) is 56.9 cm³/mol. The molecule has 1 heterocycles. The van der Waals surface area contributed by atoms with Gasteiger partial charge in [0.1, 0.15) is 0 Å². The van der Waals surface area contributed by atoms with Gasteiger partial charge in [0, 0.05) is 24.1 Å². The third kappa shape index (κ3) is 6.03. The average Bonchev–Trinajstić information content (AvgIpc) is 2.54. The molecule has 0 aromatic rings. The average molecular weight is 245 g/mol. The molecular formula is C8H14F3NS2. The predicted octanol–water partition coefficient (Wildman–Crippen LogP) is 2.72. The van der Waals surface area contributed by atoms with Gasteiger partial charge in [-0.15, -0.1) is 0 Å². The van der Waals surface area contributed by atoms with E-state index in [1.165, 1.54) is 18.6 Å². The molecule has 84 valence electrons. The first-order chi connectivity index (χ1) is 6.58. The summed E-state index contributed by atoms with van der Waals surface area (Å²) in [4.78, 5) is 0. The Balaban J connectivity index is 1.89. The van der Waals surface area contributed by atoms with E-state index in [1.807, 2.05) is 11.8 Å². The Morgan fingerprint density at radius 2 is 2.21 bits per heavy atom. The molecule has 1 N–H and O–H groups in total. The summed E-state index contributed by atoms with van der Waals surface area (Å²) < 4.78 is 35.1. The third-order valence-corrected chi connectivity index (χ3v) is 4.07. The number of thioether (sulfide) groups is 2. The molecule has 0 amide bonds. The topological polar surface area (TPSA) is 12.0 Å². The Hall–Kier alpha value is 0.450. The van der Waals surface area contributed by atoms with Crippen LogP contribution in [0.1, 0.15) is 12.8 Å². The molecule has 0 spiro atoms. The summed E-state index contributed by atoms with van der Waals surface area (Å²) in [5, 5.41) is 3.67. The number of hydrogen-bond donors (Lipinski definition) is 1. The maximum atomic E-state index is 11.7. The molecule has 0 aliphatic carbocycles. The fourth-order valence-electron chi connectivity index (χ4n) is 1.31. The maximum Gasteiger partial charge on any atom is 0.441 e.